The fourth-order valence-corrected chi connectivity index (χ4v) is 4.32. The Hall–Kier alpha value is -3.78. The molecule has 9 heteroatoms. The van der Waals surface area contributed by atoms with Crippen LogP contribution in [0.3, 0.4) is 0 Å². The third-order valence-corrected chi connectivity index (χ3v) is 5.96. The number of fused-ring (bicyclic) bond motifs is 3. The van der Waals surface area contributed by atoms with E-state index in [0.717, 1.165) is 28.7 Å². The zero-order valence-corrected chi connectivity index (χ0v) is 18.6. The molecule has 1 amide bonds. The van der Waals surface area contributed by atoms with Gasteiger partial charge in [0.2, 0.25) is 5.95 Å². The fourth-order valence-electron chi connectivity index (χ4n) is 4.19. The van der Waals surface area contributed by atoms with E-state index >= 15 is 0 Å². The molecule has 5 nitrogen and oxygen atoms in total. The number of imidazole rings is 1. The highest BCUT2D eigenvalue weighted by atomic mass is 35.5. The van der Waals surface area contributed by atoms with Gasteiger partial charge in [-0.15, -0.1) is 0 Å². The Bertz CT molecular complexity index is 1440. The summed E-state index contributed by atoms with van der Waals surface area (Å²) < 4.78 is 41.4. The quantitative estimate of drug-likeness (QED) is 0.344. The monoisotopic (exact) mass is 482 g/mol. The molecule has 0 aliphatic carbocycles. The highest BCUT2D eigenvalue weighted by molar-refractivity contribution is 6.30. The lowest BCUT2D eigenvalue weighted by Crippen LogP contribution is -2.31. The Kier molecular flexibility index (Phi) is 5.32. The maximum absolute atomic E-state index is 13.5. The Balaban J connectivity index is 1.61. The van der Waals surface area contributed by atoms with Gasteiger partial charge >= 0.3 is 6.18 Å². The molecule has 172 valence electrons. The summed E-state index contributed by atoms with van der Waals surface area (Å²) in [5.41, 5.74) is 2.45. The van der Waals surface area contributed by atoms with Crippen LogP contribution in [0.4, 0.5) is 24.8 Å². The van der Waals surface area contributed by atoms with E-state index in [1.54, 1.807) is 19.1 Å². The van der Waals surface area contributed by atoms with Crippen LogP contribution >= 0.6 is 11.6 Å². The first-order chi connectivity index (χ1) is 16.2. The Labute approximate surface area is 197 Å². The van der Waals surface area contributed by atoms with E-state index in [-0.39, 0.29) is 5.69 Å². The zero-order valence-electron chi connectivity index (χ0n) is 17.8. The predicted octanol–water partition coefficient (Wildman–Crippen LogP) is 6.64. The van der Waals surface area contributed by atoms with Gasteiger partial charge < -0.3 is 10.6 Å². The van der Waals surface area contributed by atoms with Gasteiger partial charge in [-0.25, -0.2) is 4.98 Å². The number of alkyl halides is 3. The van der Waals surface area contributed by atoms with Gasteiger partial charge in [0.15, 0.2) is 0 Å². The van der Waals surface area contributed by atoms with E-state index in [0.29, 0.717) is 22.2 Å². The van der Waals surface area contributed by atoms with Crippen LogP contribution in [0.1, 0.15) is 24.1 Å². The number of nitrogens with zero attached hydrogens (tertiary/aromatic N) is 2. The Morgan fingerprint density at radius 3 is 2.53 bits per heavy atom. The number of hydrogen-bond acceptors (Lipinski definition) is 3. The minimum absolute atomic E-state index is 0.0521. The number of amides is 1. The lowest BCUT2D eigenvalue weighted by atomic mass is 9.94. The molecule has 1 aliphatic rings. The third-order valence-electron chi connectivity index (χ3n) is 5.71. The summed E-state index contributed by atoms with van der Waals surface area (Å²) in [4.78, 5) is 18.2. The number of nitrogens with one attached hydrogen (secondary N) is 2. The van der Waals surface area contributed by atoms with Crippen molar-refractivity contribution in [3.05, 3.63) is 100 Å². The number of carbonyl (C=O) groups excluding carboxylic acids is 1. The fraction of sp³-hybridized carbons (Fsp3) is 0.120. The Morgan fingerprint density at radius 1 is 1.06 bits per heavy atom. The van der Waals surface area contributed by atoms with Crippen LogP contribution in [0.15, 0.2) is 84.1 Å². The Morgan fingerprint density at radius 2 is 1.79 bits per heavy atom. The second-order valence-electron chi connectivity index (χ2n) is 7.94. The average Bonchev–Trinajstić information content (AvgIpc) is 3.16. The summed E-state index contributed by atoms with van der Waals surface area (Å²) in [6, 6.07) is 18.6. The molecule has 0 spiro atoms. The van der Waals surface area contributed by atoms with Crippen LogP contribution in [-0.2, 0) is 11.0 Å². The molecular weight excluding hydrogens is 465 g/mol. The lowest BCUT2D eigenvalue weighted by Gasteiger charge is -2.30. The molecule has 0 fully saturated rings. The standard InChI is InChI=1S/C25H18ClF3N4O/c1-14-21(23(34)31-18-6-4-5-16(13-18)25(27,28)29)22(15-9-11-17(26)12-10-15)33-20-8-3-2-7-19(20)32-24(33)30-14/h2-13,22H,1H3,(H,30,32)(H,31,34)/t22-/m0/s1. The normalized spacial score (nSPS) is 15.7. The second-order valence-corrected chi connectivity index (χ2v) is 8.38. The summed E-state index contributed by atoms with van der Waals surface area (Å²) in [7, 11) is 0. The van der Waals surface area contributed by atoms with Gasteiger partial charge in [0.1, 0.15) is 0 Å². The van der Waals surface area contributed by atoms with Crippen molar-refractivity contribution in [1.82, 2.24) is 9.55 Å². The molecule has 0 bridgehead atoms. The van der Waals surface area contributed by atoms with Crippen molar-refractivity contribution in [2.75, 3.05) is 10.6 Å². The molecule has 5 rings (SSSR count). The maximum atomic E-state index is 13.5. The minimum Gasteiger partial charge on any atom is -0.329 e. The van der Waals surface area contributed by atoms with Crippen LogP contribution in [0.25, 0.3) is 11.0 Å². The summed E-state index contributed by atoms with van der Waals surface area (Å²) >= 11 is 6.10. The molecule has 0 saturated carbocycles. The number of para-hydroxylation sites is 2. The van der Waals surface area contributed by atoms with Crippen LogP contribution < -0.4 is 10.6 Å². The number of allylic oxidation sites excluding steroid dienone is 1. The topological polar surface area (TPSA) is 59.0 Å². The molecule has 1 atom stereocenters. The van der Waals surface area contributed by atoms with Crippen molar-refractivity contribution in [3.8, 4) is 0 Å². The first-order valence-electron chi connectivity index (χ1n) is 10.4. The highest BCUT2D eigenvalue weighted by Crippen LogP contribution is 2.40. The van der Waals surface area contributed by atoms with Crippen molar-refractivity contribution in [2.45, 2.75) is 19.1 Å². The predicted molar refractivity (Wildman–Crippen MR) is 126 cm³/mol. The first kappa shape index (κ1) is 22.0. The SMILES string of the molecule is CC1=C(C(=O)Nc2cccc(C(F)(F)F)c2)[C@H](c2ccc(Cl)cc2)n2c(nc3ccccc32)N1. The number of benzene rings is 3. The average molecular weight is 483 g/mol. The van der Waals surface area contributed by atoms with Gasteiger partial charge in [-0.05, 0) is 55.0 Å². The molecule has 1 aromatic heterocycles. The summed E-state index contributed by atoms with van der Waals surface area (Å²) in [6.45, 7) is 1.74. The van der Waals surface area contributed by atoms with Crippen LogP contribution in [0.5, 0.6) is 0 Å². The maximum Gasteiger partial charge on any atom is 0.416 e. The summed E-state index contributed by atoms with van der Waals surface area (Å²) in [6.07, 6.45) is -4.52. The molecule has 0 unspecified atom stereocenters. The number of rotatable bonds is 3. The van der Waals surface area contributed by atoms with Gasteiger partial charge in [0, 0.05) is 16.4 Å². The molecule has 0 saturated heterocycles. The van der Waals surface area contributed by atoms with Gasteiger partial charge in [0.05, 0.1) is 28.2 Å². The first-order valence-corrected chi connectivity index (χ1v) is 10.8. The van der Waals surface area contributed by atoms with E-state index < -0.39 is 23.7 Å². The minimum atomic E-state index is -4.52. The molecule has 3 aromatic carbocycles. The molecule has 0 radical (unpaired) electrons. The highest BCUT2D eigenvalue weighted by Gasteiger charge is 2.35. The second kappa shape index (κ2) is 8.22. The van der Waals surface area contributed by atoms with Crippen molar-refractivity contribution in [1.29, 1.82) is 0 Å². The number of halogens is 4. The van der Waals surface area contributed by atoms with E-state index in [2.05, 4.69) is 15.6 Å². The number of carbonyl (C=O) groups is 1. The van der Waals surface area contributed by atoms with E-state index in [4.69, 9.17) is 11.6 Å². The zero-order chi connectivity index (χ0) is 24.0. The largest absolute Gasteiger partial charge is 0.416 e. The van der Waals surface area contributed by atoms with Crippen LogP contribution in [0.2, 0.25) is 5.02 Å². The number of hydrogen-bond donors (Lipinski definition) is 2. The van der Waals surface area contributed by atoms with Gasteiger partial charge in [-0.3, -0.25) is 9.36 Å². The van der Waals surface area contributed by atoms with Gasteiger partial charge in [-0.1, -0.05) is 41.9 Å². The molecule has 34 heavy (non-hydrogen) atoms. The lowest BCUT2D eigenvalue weighted by molar-refractivity contribution is -0.137. The molecule has 4 aromatic rings. The molecule has 2 heterocycles. The summed E-state index contributed by atoms with van der Waals surface area (Å²) in [5.74, 6) is 0.0435. The third kappa shape index (κ3) is 3.90. The van der Waals surface area contributed by atoms with Crippen molar-refractivity contribution in [3.63, 3.8) is 0 Å². The van der Waals surface area contributed by atoms with E-state index in [1.165, 1.54) is 12.1 Å². The van der Waals surface area contributed by atoms with Crippen molar-refractivity contribution < 1.29 is 18.0 Å². The van der Waals surface area contributed by atoms with Crippen molar-refractivity contribution in [2.24, 2.45) is 0 Å². The van der Waals surface area contributed by atoms with Crippen LogP contribution in [-0.4, -0.2) is 15.5 Å². The van der Waals surface area contributed by atoms with Gasteiger partial charge in [0.25, 0.3) is 5.91 Å². The number of anilines is 2. The van der Waals surface area contributed by atoms with E-state index in [1.807, 2.05) is 41.0 Å². The van der Waals surface area contributed by atoms with Gasteiger partial charge in [-0.2, -0.15) is 13.2 Å². The van der Waals surface area contributed by atoms with Crippen molar-refractivity contribution >= 4 is 40.2 Å². The molecule has 1 aliphatic heterocycles. The smallest absolute Gasteiger partial charge is 0.329 e. The number of aromatic nitrogens is 2. The summed E-state index contributed by atoms with van der Waals surface area (Å²) in [5, 5.41) is 6.36. The van der Waals surface area contributed by atoms with E-state index in [9.17, 15) is 18.0 Å². The molecule has 2 N–H and O–H groups in total. The molecular formula is C25H18ClF3N4O. The van der Waals surface area contributed by atoms with Crippen LogP contribution in [0, 0.1) is 0 Å².